The van der Waals surface area contributed by atoms with Crippen LogP contribution in [-0.4, -0.2) is 57.6 Å². The maximum absolute atomic E-state index is 12.4. The lowest BCUT2D eigenvalue weighted by Crippen LogP contribution is -2.42. The van der Waals surface area contributed by atoms with Crippen LogP contribution >= 0.6 is 0 Å². The predicted octanol–water partition coefficient (Wildman–Crippen LogP) is 0.606. The number of rotatable bonds is 6. The molecular formula is C14H25N3O3. The van der Waals surface area contributed by atoms with Gasteiger partial charge in [-0.25, -0.2) is 0 Å². The third kappa shape index (κ3) is 3.58. The van der Waals surface area contributed by atoms with Crippen molar-refractivity contribution in [1.82, 2.24) is 14.7 Å². The Morgan fingerprint density at radius 1 is 1.45 bits per heavy atom. The van der Waals surface area contributed by atoms with Gasteiger partial charge in [-0.05, 0) is 12.0 Å². The number of hydrogen-bond donors (Lipinski definition) is 2. The second-order valence-corrected chi connectivity index (χ2v) is 6.02. The second kappa shape index (κ2) is 6.37. The number of nitrogens with zero attached hydrogens (tertiary/aromatic N) is 3. The Balaban J connectivity index is 2.89. The quantitative estimate of drug-likeness (QED) is 0.801. The van der Waals surface area contributed by atoms with Crippen LogP contribution in [0.3, 0.4) is 0 Å². The Kier molecular flexibility index (Phi) is 5.30. The summed E-state index contributed by atoms with van der Waals surface area (Å²) in [5, 5.41) is 22.9. The molecule has 0 saturated carbocycles. The van der Waals surface area contributed by atoms with Gasteiger partial charge in [-0.15, -0.1) is 0 Å². The van der Waals surface area contributed by atoms with Gasteiger partial charge >= 0.3 is 0 Å². The minimum atomic E-state index is -0.704. The van der Waals surface area contributed by atoms with Crippen LogP contribution in [0.2, 0.25) is 0 Å². The van der Waals surface area contributed by atoms with Gasteiger partial charge in [-0.1, -0.05) is 20.8 Å². The molecule has 0 radical (unpaired) electrons. The van der Waals surface area contributed by atoms with Crippen molar-refractivity contribution in [3.05, 3.63) is 17.5 Å². The molecule has 114 valence electrons. The average Bonchev–Trinajstić information content (AvgIpc) is 2.79. The highest BCUT2D eigenvalue weighted by molar-refractivity contribution is 5.92. The molecule has 1 heterocycles. The molecule has 0 aliphatic carbocycles. The molecule has 0 aliphatic heterocycles. The van der Waals surface area contributed by atoms with Gasteiger partial charge in [0.05, 0.1) is 18.9 Å². The van der Waals surface area contributed by atoms with E-state index >= 15 is 0 Å². The number of aliphatic hydroxyl groups is 2. The van der Waals surface area contributed by atoms with Crippen LogP contribution in [0.4, 0.5) is 0 Å². The zero-order valence-corrected chi connectivity index (χ0v) is 12.9. The van der Waals surface area contributed by atoms with E-state index in [9.17, 15) is 15.0 Å². The summed E-state index contributed by atoms with van der Waals surface area (Å²) < 4.78 is 1.57. The molecule has 0 spiro atoms. The fourth-order valence-corrected chi connectivity index (χ4v) is 1.96. The highest BCUT2D eigenvalue weighted by Gasteiger charge is 2.28. The minimum Gasteiger partial charge on any atom is -0.396 e. The summed E-state index contributed by atoms with van der Waals surface area (Å²) in [7, 11) is 3.40. The van der Waals surface area contributed by atoms with Crippen LogP contribution in [0.25, 0.3) is 0 Å². The molecule has 0 aromatic carbocycles. The first-order valence-corrected chi connectivity index (χ1v) is 6.75. The van der Waals surface area contributed by atoms with E-state index in [0.29, 0.717) is 5.69 Å². The number of carbonyl (C=O) groups is 1. The number of carbonyl (C=O) groups excluding carboxylic acids is 1. The molecule has 0 saturated heterocycles. The highest BCUT2D eigenvalue weighted by atomic mass is 16.3. The summed E-state index contributed by atoms with van der Waals surface area (Å²) in [6.07, 6.45) is 0. The Labute approximate surface area is 120 Å². The van der Waals surface area contributed by atoms with Gasteiger partial charge in [0, 0.05) is 26.1 Å². The molecule has 1 rings (SSSR count). The van der Waals surface area contributed by atoms with Crippen LogP contribution in [0.5, 0.6) is 0 Å². The fraction of sp³-hybridized carbons (Fsp3) is 0.714. The van der Waals surface area contributed by atoms with Crippen molar-refractivity contribution in [3.8, 4) is 0 Å². The Hall–Kier alpha value is -1.40. The number of amides is 1. The molecule has 1 aromatic heterocycles. The Morgan fingerprint density at radius 3 is 2.40 bits per heavy atom. The van der Waals surface area contributed by atoms with Gasteiger partial charge in [-0.2, -0.15) is 5.10 Å². The molecular weight excluding hydrogens is 258 g/mol. The lowest BCUT2D eigenvalue weighted by atomic mass is 9.92. The summed E-state index contributed by atoms with van der Waals surface area (Å²) in [4.78, 5) is 13.9. The van der Waals surface area contributed by atoms with Crippen LogP contribution in [0, 0.1) is 5.41 Å². The van der Waals surface area contributed by atoms with E-state index in [1.165, 1.54) is 4.90 Å². The largest absolute Gasteiger partial charge is 0.396 e. The Bertz CT molecular complexity index is 464. The van der Waals surface area contributed by atoms with E-state index in [-0.39, 0.29) is 31.6 Å². The smallest absolute Gasteiger partial charge is 0.271 e. The lowest BCUT2D eigenvalue weighted by molar-refractivity contribution is 0.0361. The van der Waals surface area contributed by atoms with Gasteiger partial charge in [-0.3, -0.25) is 9.48 Å². The summed E-state index contributed by atoms with van der Waals surface area (Å²) in [6, 6.07) is 1.79. The molecule has 0 unspecified atom stereocenters. The summed E-state index contributed by atoms with van der Waals surface area (Å²) in [5.41, 5.74) is 0.676. The highest BCUT2D eigenvalue weighted by Crippen LogP contribution is 2.19. The molecule has 1 aromatic rings. The normalized spacial score (nSPS) is 12.0. The van der Waals surface area contributed by atoms with E-state index < -0.39 is 5.41 Å². The van der Waals surface area contributed by atoms with Crippen molar-refractivity contribution in [3.63, 3.8) is 0 Å². The van der Waals surface area contributed by atoms with Crippen LogP contribution in [0.1, 0.15) is 42.9 Å². The van der Waals surface area contributed by atoms with Gasteiger partial charge in [0.1, 0.15) is 5.69 Å². The first kappa shape index (κ1) is 16.7. The summed E-state index contributed by atoms with van der Waals surface area (Å²) in [6.45, 7) is 5.71. The zero-order chi connectivity index (χ0) is 15.5. The van der Waals surface area contributed by atoms with Crippen LogP contribution < -0.4 is 0 Å². The molecule has 6 nitrogen and oxygen atoms in total. The third-order valence-electron chi connectivity index (χ3n) is 3.44. The van der Waals surface area contributed by atoms with Gasteiger partial charge in [0.15, 0.2) is 0 Å². The number of aliphatic hydroxyl groups excluding tert-OH is 2. The maximum Gasteiger partial charge on any atom is 0.271 e. The minimum absolute atomic E-state index is 0.167. The van der Waals surface area contributed by atoms with Gasteiger partial charge in [0.25, 0.3) is 5.91 Å². The average molecular weight is 283 g/mol. The molecule has 0 aliphatic rings. The third-order valence-corrected chi connectivity index (χ3v) is 3.44. The second-order valence-electron chi connectivity index (χ2n) is 6.02. The number of aryl methyl sites for hydroxylation is 1. The first-order valence-electron chi connectivity index (χ1n) is 6.75. The van der Waals surface area contributed by atoms with Crippen LogP contribution in [0.15, 0.2) is 6.07 Å². The van der Waals surface area contributed by atoms with Crippen molar-refractivity contribution in [2.24, 2.45) is 12.5 Å². The molecule has 6 heteroatoms. The topological polar surface area (TPSA) is 78.6 Å². The van der Waals surface area contributed by atoms with E-state index in [4.69, 9.17) is 0 Å². The molecule has 1 amide bonds. The van der Waals surface area contributed by atoms with Crippen molar-refractivity contribution in [2.75, 3.05) is 26.8 Å². The predicted molar refractivity (Wildman–Crippen MR) is 76.5 cm³/mol. The molecule has 0 fully saturated rings. The molecule has 0 atom stereocenters. The van der Waals surface area contributed by atoms with E-state index in [0.717, 1.165) is 5.69 Å². The van der Waals surface area contributed by atoms with E-state index in [1.54, 1.807) is 31.8 Å². The van der Waals surface area contributed by atoms with Crippen molar-refractivity contribution in [1.29, 1.82) is 0 Å². The number of aromatic nitrogens is 2. The van der Waals surface area contributed by atoms with Crippen molar-refractivity contribution < 1.29 is 15.0 Å². The molecule has 2 N–H and O–H groups in total. The lowest BCUT2D eigenvalue weighted by Gasteiger charge is -2.30. The first-order chi connectivity index (χ1) is 9.24. The monoisotopic (exact) mass is 283 g/mol. The van der Waals surface area contributed by atoms with E-state index in [1.807, 2.05) is 13.8 Å². The van der Waals surface area contributed by atoms with E-state index in [2.05, 4.69) is 5.10 Å². The van der Waals surface area contributed by atoms with Crippen molar-refractivity contribution in [2.45, 2.75) is 26.7 Å². The SMILES string of the molecule is CC(C)c1cc(C(=O)N(C)CC(C)(CO)CO)n(C)n1. The summed E-state index contributed by atoms with van der Waals surface area (Å²) >= 11 is 0. The molecule has 0 bridgehead atoms. The molecule has 20 heavy (non-hydrogen) atoms. The Morgan fingerprint density at radius 2 is 2.00 bits per heavy atom. The van der Waals surface area contributed by atoms with Gasteiger partial charge < -0.3 is 15.1 Å². The van der Waals surface area contributed by atoms with Crippen molar-refractivity contribution >= 4 is 5.91 Å². The fourth-order valence-electron chi connectivity index (χ4n) is 1.96. The zero-order valence-electron chi connectivity index (χ0n) is 12.9. The van der Waals surface area contributed by atoms with Crippen LogP contribution in [-0.2, 0) is 7.05 Å². The number of hydrogen-bond acceptors (Lipinski definition) is 4. The maximum atomic E-state index is 12.4. The standard InChI is InChI=1S/C14H25N3O3/c1-10(2)11-6-12(17(5)15-11)13(20)16(4)7-14(3,8-18)9-19/h6,10,18-19H,7-9H2,1-5H3. The summed E-state index contributed by atoms with van der Waals surface area (Å²) in [5.74, 6) is 0.0910. The van der Waals surface area contributed by atoms with Gasteiger partial charge in [0.2, 0.25) is 0 Å².